The summed E-state index contributed by atoms with van der Waals surface area (Å²) < 4.78 is 21.2. The second-order valence-corrected chi connectivity index (χ2v) is 4.82. The van der Waals surface area contributed by atoms with E-state index in [9.17, 15) is 4.79 Å². The lowest BCUT2D eigenvalue weighted by molar-refractivity contribution is 0.0734. The number of aryl methyl sites for hydroxylation is 1. The molecule has 0 saturated heterocycles. The van der Waals surface area contributed by atoms with Crippen molar-refractivity contribution >= 4 is 17.1 Å². The summed E-state index contributed by atoms with van der Waals surface area (Å²) in [6.07, 6.45) is 0. The zero-order valence-corrected chi connectivity index (χ0v) is 11.7. The smallest absolute Gasteiger partial charge is 0.343 e. The molecule has 6 nitrogen and oxygen atoms in total. The zero-order valence-electron chi connectivity index (χ0n) is 11.7. The molecule has 6 heteroatoms. The Bertz CT molecular complexity index is 883. The van der Waals surface area contributed by atoms with Crippen molar-refractivity contribution in [3.63, 3.8) is 0 Å². The average Bonchev–Trinajstić information content (AvgIpc) is 3.10. The number of hydrogen-bond donors (Lipinski definition) is 0. The first-order valence-corrected chi connectivity index (χ1v) is 6.68. The molecule has 0 unspecified atom stereocenters. The predicted molar refractivity (Wildman–Crippen MR) is 76.3 cm³/mol. The molecule has 22 heavy (non-hydrogen) atoms. The van der Waals surface area contributed by atoms with Gasteiger partial charge < -0.3 is 18.6 Å². The van der Waals surface area contributed by atoms with E-state index in [2.05, 4.69) is 4.98 Å². The molecule has 1 aromatic heterocycles. The van der Waals surface area contributed by atoms with Crippen LogP contribution in [0, 0.1) is 6.92 Å². The summed E-state index contributed by atoms with van der Waals surface area (Å²) in [5.41, 5.74) is 1.69. The van der Waals surface area contributed by atoms with Gasteiger partial charge in [0.15, 0.2) is 23.0 Å². The second kappa shape index (κ2) is 4.77. The lowest BCUT2D eigenvalue weighted by atomic mass is 10.2. The normalized spacial score (nSPS) is 12.6. The number of oxazole rings is 1. The van der Waals surface area contributed by atoms with Crippen LogP contribution in [0.3, 0.4) is 0 Å². The van der Waals surface area contributed by atoms with Crippen LogP contribution >= 0.6 is 0 Å². The lowest BCUT2D eigenvalue weighted by Gasteiger charge is -2.04. The number of fused-ring (bicyclic) bond motifs is 2. The second-order valence-electron chi connectivity index (χ2n) is 4.82. The molecule has 0 radical (unpaired) electrons. The Hall–Kier alpha value is -3.02. The Morgan fingerprint density at radius 2 is 2.00 bits per heavy atom. The van der Waals surface area contributed by atoms with Crippen LogP contribution in [-0.4, -0.2) is 17.7 Å². The van der Waals surface area contributed by atoms with E-state index in [0.29, 0.717) is 39.8 Å². The van der Waals surface area contributed by atoms with E-state index in [1.165, 1.54) is 0 Å². The zero-order chi connectivity index (χ0) is 15.1. The molecule has 0 aliphatic carbocycles. The van der Waals surface area contributed by atoms with E-state index in [0.717, 1.165) is 0 Å². The Morgan fingerprint density at radius 1 is 1.14 bits per heavy atom. The van der Waals surface area contributed by atoms with Crippen molar-refractivity contribution in [3.05, 3.63) is 47.9 Å². The van der Waals surface area contributed by atoms with Gasteiger partial charge in [0.05, 0.1) is 5.56 Å². The van der Waals surface area contributed by atoms with Crippen LogP contribution in [0.1, 0.15) is 16.2 Å². The first kappa shape index (κ1) is 12.7. The lowest BCUT2D eigenvalue weighted by Crippen LogP contribution is -2.08. The van der Waals surface area contributed by atoms with E-state index in [4.69, 9.17) is 18.6 Å². The number of ether oxygens (including phenoxy) is 3. The largest absolute Gasteiger partial charge is 0.454 e. The topological polar surface area (TPSA) is 70.8 Å². The van der Waals surface area contributed by atoms with Crippen LogP contribution in [0.5, 0.6) is 17.2 Å². The minimum atomic E-state index is -0.474. The van der Waals surface area contributed by atoms with Crippen LogP contribution in [0.15, 0.2) is 40.8 Å². The summed E-state index contributed by atoms with van der Waals surface area (Å²) in [4.78, 5) is 16.4. The summed E-state index contributed by atoms with van der Waals surface area (Å²) >= 11 is 0. The SMILES string of the molecule is Cc1nc2cc(OC(=O)c3ccc4c(c3)OCO4)ccc2o1. The standard InChI is InChI=1S/C16H11NO5/c1-9-17-12-7-11(3-5-13(12)21-9)22-16(18)10-2-4-14-15(6-10)20-8-19-14/h2-7H,8H2,1H3. The van der Waals surface area contributed by atoms with Crippen molar-refractivity contribution in [2.24, 2.45) is 0 Å². The maximum atomic E-state index is 12.2. The Morgan fingerprint density at radius 3 is 2.91 bits per heavy atom. The van der Waals surface area contributed by atoms with E-state index < -0.39 is 5.97 Å². The number of aromatic nitrogens is 1. The van der Waals surface area contributed by atoms with Crippen molar-refractivity contribution in [2.45, 2.75) is 6.92 Å². The molecule has 2 heterocycles. The highest BCUT2D eigenvalue weighted by molar-refractivity contribution is 5.92. The molecule has 0 saturated carbocycles. The summed E-state index contributed by atoms with van der Waals surface area (Å²) in [7, 11) is 0. The third kappa shape index (κ3) is 2.14. The van der Waals surface area contributed by atoms with Crippen molar-refractivity contribution < 1.29 is 23.4 Å². The van der Waals surface area contributed by atoms with Crippen molar-refractivity contribution in [1.29, 1.82) is 0 Å². The van der Waals surface area contributed by atoms with Crippen molar-refractivity contribution in [2.75, 3.05) is 6.79 Å². The van der Waals surface area contributed by atoms with E-state index >= 15 is 0 Å². The molecule has 2 aromatic carbocycles. The van der Waals surface area contributed by atoms with E-state index in [1.54, 1.807) is 43.3 Å². The van der Waals surface area contributed by atoms with Gasteiger partial charge in [0.1, 0.15) is 11.3 Å². The minimum absolute atomic E-state index is 0.163. The van der Waals surface area contributed by atoms with Gasteiger partial charge >= 0.3 is 5.97 Å². The molecule has 0 fully saturated rings. The Balaban J connectivity index is 1.59. The first-order chi connectivity index (χ1) is 10.7. The number of carbonyl (C=O) groups excluding carboxylic acids is 1. The molecule has 4 rings (SSSR count). The monoisotopic (exact) mass is 297 g/mol. The van der Waals surface area contributed by atoms with Crippen LogP contribution in [0.25, 0.3) is 11.1 Å². The summed E-state index contributed by atoms with van der Waals surface area (Å²) in [5, 5.41) is 0. The van der Waals surface area contributed by atoms with Gasteiger partial charge in [-0.3, -0.25) is 0 Å². The molecule has 0 spiro atoms. The molecule has 0 N–H and O–H groups in total. The highest BCUT2D eigenvalue weighted by Crippen LogP contribution is 2.33. The molecule has 0 atom stereocenters. The first-order valence-electron chi connectivity index (χ1n) is 6.68. The summed E-state index contributed by atoms with van der Waals surface area (Å²) in [6.45, 7) is 1.92. The maximum Gasteiger partial charge on any atom is 0.343 e. The van der Waals surface area contributed by atoms with Gasteiger partial charge in [0.2, 0.25) is 6.79 Å². The molecular weight excluding hydrogens is 286 g/mol. The number of esters is 1. The fourth-order valence-electron chi connectivity index (χ4n) is 2.28. The van der Waals surface area contributed by atoms with Gasteiger partial charge in [0.25, 0.3) is 0 Å². The Labute approximate surface area is 125 Å². The number of rotatable bonds is 2. The van der Waals surface area contributed by atoms with Gasteiger partial charge in [0, 0.05) is 13.0 Å². The van der Waals surface area contributed by atoms with Crippen molar-refractivity contribution in [3.8, 4) is 17.2 Å². The van der Waals surface area contributed by atoms with Gasteiger partial charge in [-0.1, -0.05) is 0 Å². The fraction of sp³-hybridized carbons (Fsp3) is 0.125. The van der Waals surface area contributed by atoms with Gasteiger partial charge in [-0.25, -0.2) is 9.78 Å². The van der Waals surface area contributed by atoms with Crippen LogP contribution in [0.4, 0.5) is 0 Å². The highest BCUT2D eigenvalue weighted by Gasteiger charge is 2.17. The van der Waals surface area contributed by atoms with E-state index in [-0.39, 0.29) is 6.79 Å². The molecule has 1 aliphatic heterocycles. The number of hydrogen-bond acceptors (Lipinski definition) is 6. The highest BCUT2D eigenvalue weighted by atomic mass is 16.7. The molecule has 3 aromatic rings. The van der Waals surface area contributed by atoms with E-state index in [1.807, 2.05) is 0 Å². The van der Waals surface area contributed by atoms with Crippen LogP contribution in [-0.2, 0) is 0 Å². The quantitative estimate of drug-likeness (QED) is 0.534. The van der Waals surface area contributed by atoms with Crippen LogP contribution in [0.2, 0.25) is 0 Å². The molecule has 110 valence electrons. The fourth-order valence-corrected chi connectivity index (χ4v) is 2.28. The number of carbonyl (C=O) groups is 1. The number of nitrogens with zero attached hydrogens (tertiary/aromatic N) is 1. The molecule has 0 bridgehead atoms. The third-order valence-electron chi connectivity index (χ3n) is 3.28. The van der Waals surface area contributed by atoms with Crippen molar-refractivity contribution in [1.82, 2.24) is 4.98 Å². The Kier molecular flexibility index (Phi) is 2.75. The van der Waals surface area contributed by atoms with Gasteiger partial charge in [-0.15, -0.1) is 0 Å². The predicted octanol–water partition coefficient (Wildman–Crippen LogP) is 3.08. The third-order valence-corrected chi connectivity index (χ3v) is 3.28. The average molecular weight is 297 g/mol. The molecule has 0 amide bonds. The summed E-state index contributed by atoms with van der Waals surface area (Å²) in [5.74, 6) is 1.66. The van der Waals surface area contributed by atoms with Gasteiger partial charge in [-0.05, 0) is 30.3 Å². The molecule has 1 aliphatic rings. The minimum Gasteiger partial charge on any atom is -0.454 e. The van der Waals surface area contributed by atoms with Crippen LogP contribution < -0.4 is 14.2 Å². The number of benzene rings is 2. The molecular formula is C16H11NO5. The summed E-state index contributed by atoms with van der Waals surface area (Å²) in [6, 6.07) is 9.97. The van der Waals surface area contributed by atoms with Gasteiger partial charge in [-0.2, -0.15) is 0 Å². The maximum absolute atomic E-state index is 12.2.